The van der Waals surface area contributed by atoms with Crippen LogP contribution >= 0.6 is 11.6 Å². The van der Waals surface area contributed by atoms with E-state index in [1.807, 2.05) is 11.8 Å². The number of hydrogen-bond donors (Lipinski definition) is 0. The molecule has 0 radical (unpaired) electrons. The molecule has 144 valence electrons. The number of hydrogen-bond acceptors (Lipinski definition) is 6. The van der Waals surface area contributed by atoms with Gasteiger partial charge in [0.2, 0.25) is 0 Å². The number of nitro groups is 1. The second kappa shape index (κ2) is 7.08. The van der Waals surface area contributed by atoms with Crippen LogP contribution in [0.3, 0.4) is 0 Å². The number of aryl methyl sites for hydroxylation is 1. The molecule has 9 nitrogen and oxygen atoms in total. The number of nitrogens with zero attached hydrogens (tertiary/aromatic N) is 6. The number of imidazole rings is 1. The van der Waals surface area contributed by atoms with Gasteiger partial charge in [-0.15, -0.1) is 0 Å². The summed E-state index contributed by atoms with van der Waals surface area (Å²) in [5, 5.41) is 11.3. The van der Waals surface area contributed by atoms with Gasteiger partial charge in [-0.1, -0.05) is 11.6 Å². The van der Waals surface area contributed by atoms with E-state index in [2.05, 4.69) is 9.97 Å². The largest absolute Gasteiger partial charge is 0.353 e. The van der Waals surface area contributed by atoms with E-state index in [0.29, 0.717) is 54.1 Å². The molecule has 0 bridgehead atoms. The van der Waals surface area contributed by atoms with Crippen LogP contribution in [0.15, 0.2) is 36.7 Å². The zero-order valence-corrected chi connectivity index (χ0v) is 15.8. The first kappa shape index (κ1) is 18.2. The van der Waals surface area contributed by atoms with Gasteiger partial charge in [-0.3, -0.25) is 19.3 Å². The third-order valence-electron chi connectivity index (χ3n) is 4.79. The minimum Gasteiger partial charge on any atom is -0.353 e. The average molecular weight is 401 g/mol. The molecule has 3 aromatic rings. The Labute approximate surface area is 165 Å². The zero-order valence-electron chi connectivity index (χ0n) is 15.1. The molecule has 0 aromatic carbocycles. The lowest BCUT2D eigenvalue weighted by molar-refractivity contribution is -0.385. The highest BCUT2D eigenvalue weighted by Crippen LogP contribution is 2.21. The first-order valence-electron chi connectivity index (χ1n) is 8.73. The van der Waals surface area contributed by atoms with Crippen LogP contribution in [0.2, 0.25) is 5.02 Å². The fourth-order valence-corrected chi connectivity index (χ4v) is 3.52. The summed E-state index contributed by atoms with van der Waals surface area (Å²) in [6, 6.07) is 6.59. The van der Waals surface area contributed by atoms with Crippen molar-refractivity contribution in [2.24, 2.45) is 0 Å². The lowest BCUT2D eigenvalue weighted by Gasteiger charge is -2.35. The Morgan fingerprint density at radius 1 is 1.18 bits per heavy atom. The van der Waals surface area contributed by atoms with Gasteiger partial charge in [-0.25, -0.2) is 9.97 Å². The highest BCUT2D eigenvalue weighted by atomic mass is 35.5. The monoisotopic (exact) mass is 400 g/mol. The predicted octanol–water partition coefficient (Wildman–Crippen LogP) is 2.56. The summed E-state index contributed by atoms with van der Waals surface area (Å²) in [5.74, 6) is 0.569. The fraction of sp³-hybridized carbons (Fsp3) is 0.278. The Morgan fingerprint density at radius 3 is 2.57 bits per heavy atom. The van der Waals surface area contributed by atoms with Crippen LogP contribution in [0.4, 0.5) is 11.5 Å². The van der Waals surface area contributed by atoms with Gasteiger partial charge >= 0.3 is 0 Å². The number of anilines is 1. The van der Waals surface area contributed by atoms with Crippen molar-refractivity contribution in [3.8, 4) is 0 Å². The van der Waals surface area contributed by atoms with Crippen LogP contribution in [-0.2, 0) is 0 Å². The number of carbonyl (C=O) groups is 1. The van der Waals surface area contributed by atoms with Gasteiger partial charge in [-0.2, -0.15) is 0 Å². The lowest BCUT2D eigenvalue weighted by Crippen LogP contribution is -2.49. The van der Waals surface area contributed by atoms with E-state index in [9.17, 15) is 14.9 Å². The van der Waals surface area contributed by atoms with Crippen LogP contribution in [0.1, 0.15) is 16.2 Å². The van der Waals surface area contributed by atoms with Crippen LogP contribution in [-0.4, -0.2) is 56.3 Å². The van der Waals surface area contributed by atoms with Crippen molar-refractivity contribution >= 4 is 34.7 Å². The quantitative estimate of drug-likeness (QED) is 0.495. The molecule has 4 heterocycles. The lowest BCUT2D eigenvalue weighted by atomic mass is 10.2. The SMILES string of the molecule is Cc1nc2ccc(Cl)cn2c1C(=O)N1CCN(c2ccc([N+](=O)[O-])cn2)CC1. The molecule has 0 aliphatic carbocycles. The Morgan fingerprint density at radius 2 is 1.93 bits per heavy atom. The summed E-state index contributed by atoms with van der Waals surface area (Å²) < 4.78 is 1.73. The number of fused-ring (bicyclic) bond motifs is 1. The Bertz CT molecular complexity index is 1060. The smallest absolute Gasteiger partial charge is 0.287 e. The van der Waals surface area contributed by atoms with Crippen molar-refractivity contribution < 1.29 is 9.72 Å². The molecular weight excluding hydrogens is 384 g/mol. The summed E-state index contributed by atoms with van der Waals surface area (Å²) in [6.07, 6.45) is 2.94. The molecule has 1 fully saturated rings. The second-order valence-electron chi connectivity index (χ2n) is 6.53. The van der Waals surface area contributed by atoms with Gasteiger partial charge in [-0.05, 0) is 25.1 Å². The Kier molecular flexibility index (Phi) is 4.60. The van der Waals surface area contributed by atoms with Gasteiger partial charge in [0.15, 0.2) is 0 Å². The standard InChI is InChI=1S/C18H17ClN6O3/c1-12-17(24-11-13(19)2-4-16(24)21-12)18(26)23-8-6-22(7-9-23)15-5-3-14(10-20-15)25(27)28/h2-5,10-11H,6-9H2,1H3. The normalized spacial score (nSPS) is 14.5. The first-order chi connectivity index (χ1) is 13.4. The van der Waals surface area contributed by atoms with Crippen molar-refractivity contribution in [3.05, 3.63) is 63.2 Å². The molecule has 1 aliphatic rings. The van der Waals surface area contributed by atoms with Crippen molar-refractivity contribution in [2.45, 2.75) is 6.92 Å². The minimum absolute atomic E-state index is 0.0423. The summed E-state index contributed by atoms with van der Waals surface area (Å²) in [5.41, 5.74) is 1.81. The van der Waals surface area contributed by atoms with Crippen LogP contribution < -0.4 is 4.90 Å². The average Bonchev–Trinajstić information content (AvgIpc) is 3.02. The zero-order chi connectivity index (χ0) is 19.8. The number of carbonyl (C=O) groups excluding carboxylic acids is 1. The van der Waals surface area contributed by atoms with E-state index in [-0.39, 0.29) is 11.6 Å². The molecule has 1 amide bonds. The molecule has 0 N–H and O–H groups in total. The molecule has 10 heteroatoms. The van der Waals surface area contributed by atoms with Crippen LogP contribution in [0.25, 0.3) is 5.65 Å². The topological polar surface area (TPSA) is 96.9 Å². The van der Waals surface area contributed by atoms with Gasteiger partial charge in [0.05, 0.1) is 15.6 Å². The second-order valence-corrected chi connectivity index (χ2v) is 6.97. The summed E-state index contributed by atoms with van der Waals surface area (Å²) >= 11 is 6.08. The summed E-state index contributed by atoms with van der Waals surface area (Å²) in [4.78, 5) is 35.7. The van der Waals surface area contributed by atoms with Gasteiger partial charge in [0.1, 0.15) is 23.4 Å². The third kappa shape index (κ3) is 3.24. The molecule has 0 unspecified atom stereocenters. The molecular formula is C18H17ClN6O3. The van der Waals surface area contributed by atoms with Crippen LogP contribution in [0.5, 0.6) is 0 Å². The third-order valence-corrected chi connectivity index (χ3v) is 5.02. The maximum absolute atomic E-state index is 13.1. The van der Waals surface area contributed by atoms with E-state index < -0.39 is 4.92 Å². The highest BCUT2D eigenvalue weighted by molar-refractivity contribution is 6.30. The molecule has 28 heavy (non-hydrogen) atoms. The van der Waals surface area contributed by atoms with Crippen LogP contribution in [0, 0.1) is 17.0 Å². The Hall–Kier alpha value is -3.20. The number of aromatic nitrogens is 3. The molecule has 0 atom stereocenters. The molecule has 1 saturated heterocycles. The maximum Gasteiger partial charge on any atom is 0.287 e. The van der Waals surface area contributed by atoms with Crippen molar-refractivity contribution in [1.82, 2.24) is 19.3 Å². The maximum atomic E-state index is 13.1. The van der Waals surface area contributed by atoms with E-state index in [4.69, 9.17) is 11.6 Å². The van der Waals surface area contributed by atoms with Crippen molar-refractivity contribution in [3.63, 3.8) is 0 Å². The van der Waals surface area contributed by atoms with Crippen molar-refractivity contribution in [2.75, 3.05) is 31.1 Å². The summed E-state index contributed by atoms with van der Waals surface area (Å²) in [6.45, 7) is 4.03. The van der Waals surface area contributed by atoms with E-state index >= 15 is 0 Å². The molecule has 4 rings (SSSR count). The van der Waals surface area contributed by atoms with Gasteiger partial charge in [0.25, 0.3) is 11.6 Å². The number of amides is 1. The molecule has 3 aromatic heterocycles. The first-order valence-corrected chi connectivity index (χ1v) is 9.11. The van der Waals surface area contributed by atoms with E-state index in [1.54, 1.807) is 33.7 Å². The fourth-order valence-electron chi connectivity index (χ4n) is 3.36. The van der Waals surface area contributed by atoms with Gasteiger partial charge < -0.3 is 9.80 Å². The summed E-state index contributed by atoms with van der Waals surface area (Å²) in [7, 11) is 0. The Balaban J connectivity index is 1.49. The molecule has 0 saturated carbocycles. The van der Waals surface area contributed by atoms with Crippen molar-refractivity contribution in [1.29, 1.82) is 0 Å². The number of pyridine rings is 2. The number of piperazine rings is 1. The minimum atomic E-state index is -0.474. The highest BCUT2D eigenvalue weighted by Gasteiger charge is 2.27. The van der Waals surface area contributed by atoms with Gasteiger partial charge in [0, 0.05) is 38.4 Å². The van der Waals surface area contributed by atoms with E-state index in [1.165, 1.54) is 12.3 Å². The molecule has 1 aliphatic heterocycles. The molecule has 0 spiro atoms. The number of halogens is 1. The predicted molar refractivity (Wildman–Crippen MR) is 104 cm³/mol. The van der Waals surface area contributed by atoms with E-state index in [0.717, 1.165) is 0 Å². The number of rotatable bonds is 3.